The zero-order valence-electron chi connectivity index (χ0n) is 43.2. The van der Waals surface area contributed by atoms with E-state index in [2.05, 4.69) is 19.2 Å². The van der Waals surface area contributed by atoms with Crippen molar-refractivity contribution in [2.75, 3.05) is 19.8 Å². The number of aliphatic hydroxyl groups is 10. The summed E-state index contributed by atoms with van der Waals surface area (Å²) in [6.45, 7) is 2.49. The SMILES string of the molecule is CCCCCCCCCCCCCCC[C@@H](O)[C@H](CO[C@H]1O[C@H](C(=O)O)[C@@H](O[C@H]2O[C@H](CO[C@H]3O[C@H](CO)[C@H](O)[C@H](O)[C@H]3O)[C@@H](O)[C@H](O)[C@H]2N)[C@H](O)[C@H]1O)NC(=O)[C@@H](O)CCCCCCCCCCCCC. The molecule has 424 valence electrons. The molecule has 3 aliphatic heterocycles. The highest BCUT2D eigenvalue weighted by molar-refractivity contribution is 5.80. The van der Waals surface area contributed by atoms with Crippen LogP contribution in [0, 0.1) is 0 Å². The number of aliphatic carboxylic acids is 1. The first-order valence-electron chi connectivity index (χ1n) is 27.4. The molecule has 3 heterocycles. The van der Waals surface area contributed by atoms with E-state index >= 15 is 0 Å². The van der Waals surface area contributed by atoms with Crippen molar-refractivity contribution in [1.29, 1.82) is 0 Å². The number of rotatable bonds is 39. The molecule has 14 N–H and O–H groups in total. The quantitative estimate of drug-likeness (QED) is 0.0391. The molecule has 0 spiro atoms. The highest BCUT2D eigenvalue weighted by atomic mass is 16.7. The molecule has 3 fully saturated rings. The van der Waals surface area contributed by atoms with E-state index in [1.165, 1.54) is 89.9 Å². The van der Waals surface area contributed by atoms with Gasteiger partial charge in [-0.3, -0.25) is 4.79 Å². The fraction of sp³-hybridized carbons (Fsp3) is 0.961. The smallest absolute Gasteiger partial charge is 0.335 e. The van der Waals surface area contributed by atoms with Crippen molar-refractivity contribution in [1.82, 2.24) is 5.32 Å². The Kier molecular flexibility index (Phi) is 32.6. The van der Waals surface area contributed by atoms with Crippen LogP contribution in [0.25, 0.3) is 0 Å². The molecule has 0 aromatic carbocycles. The molecule has 0 unspecified atom stereocenters. The van der Waals surface area contributed by atoms with Crippen molar-refractivity contribution in [3.05, 3.63) is 0 Å². The maximum absolute atomic E-state index is 13.3. The van der Waals surface area contributed by atoms with Crippen molar-refractivity contribution in [2.45, 2.75) is 291 Å². The third kappa shape index (κ3) is 22.1. The fourth-order valence-electron chi connectivity index (χ4n) is 9.52. The van der Waals surface area contributed by atoms with E-state index in [4.69, 9.17) is 34.2 Å². The van der Waals surface area contributed by atoms with Crippen LogP contribution in [0.15, 0.2) is 0 Å². The first-order valence-corrected chi connectivity index (χ1v) is 27.4. The number of nitrogens with one attached hydrogen (secondary N) is 1. The van der Waals surface area contributed by atoms with E-state index in [9.17, 15) is 65.8 Å². The van der Waals surface area contributed by atoms with Crippen LogP contribution in [0.5, 0.6) is 0 Å². The number of carboxylic acids is 1. The molecular weight excluding hydrogens is 945 g/mol. The first kappa shape index (κ1) is 64.5. The lowest BCUT2D eigenvalue weighted by Gasteiger charge is -2.46. The molecule has 21 heteroatoms. The minimum atomic E-state index is -2.06. The Morgan fingerprint density at radius 2 is 0.986 bits per heavy atom. The predicted octanol–water partition coefficient (Wildman–Crippen LogP) is 1.90. The van der Waals surface area contributed by atoms with Gasteiger partial charge in [0.2, 0.25) is 5.91 Å². The molecule has 1 amide bonds. The molecule has 0 saturated carbocycles. The summed E-state index contributed by atoms with van der Waals surface area (Å²) in [6.07, 6.45) is -0.114. The Balaban J connectivity index is 1.59. The highest BCUT2D eigenvalue weighted by Gasteiger charge is 2.53. The summed E-state index contributed by atoms with van der Waals surface area (Å²) in [5.74, 6) is -2.40. The summed E-state index contributed by atoms with van der Waals surface area (Å²) >= 11 is 0. The number of hydrogen-bond acceptors (Lipinski definition) is 19. The molecule has 0 radical (unpaired) electrons. The van der Waals surface area contributed by atoms with Crippen LogP contribution in [0.4, 0.5) is 0 Å². The topological polar surface area (TPSA) is 350 Å². The van der Waals surface area contributed by atoms with Gasteiger partial charge in [-0.15, -0.1) is 0 Å². The van der Waals surface area contributed by atoms with Crippen molar-refractivity contribution in [3.8, 4) is 0 Å². The normalized spacial score (nSPS) is 32.3. The van der Waals surface area contributed by atoms with Crippen LogP contribution in [0.2, 0.25) is 0 Å². The first-order chi connectivity index (χ1) is 34.6. The van der Waals surface area contributed by atoms with Gasteiger partial charge >= 0.3 is 5.97 Å². The maximum Gasteiger partial charge on any atom is 0.335 e. The lowest BCUT2D eigenvalue weighted by Crippen LogP contribution is -2.67. The van der Waals surface area contributed by atoms with Crippen LogP contribution < -0.4 is 11.1 Å². The summed E-state index contributed by atoms with van der Waals surface area (Å²) in [5, 5.41) is 119. The Hall–Kier alpha value is -1.74. The van der Waals surface area contributed by atoms with E-state index in [1.54, 1.807) is 0 Å². The third-order valence-corrected chi connectivity index (χ3v) is 14.3. The maximum atomic E-state index is 13.3. The average molecular weight is 1040 g/mol. The zero-order valence-corrected chi connectivity index (χ0v) is 43.2. The third-order valence-electron chi connectivity index (χ3n) is 14.3. The molecule has 3 saturated heterocycles. The van der Waals surface area contributed by atoms with Crippen molar-refractivity contribution in [3.63, 3.8) is 0 Å². The fourth-order valence-corrected chi connectivity index (χ4v) is 9.52. The number of hydrogen-bond donors (Lipinski definition) is 13. The molecule has 0 aromatic rings. The minimum Gasteiger partial charge on any atom is -0.479 e. The van der Waals surface area contributed by atoms with Gasteiger partial charge in [0.1, 0.15) is 67.1 Å². The van der Waals surface area contributed by atoms with Gasteiger partial charge in [-0.05, 0) is 12.8 Å². The summed E-state index contributed by atoms with van der Waals surface area (Å²) in [5.41, 5.74) is 6.10. The van der Waals surface area contributed by atoms with Crippen molar-refractivity contribution in [2.24, 2.45) is 5.73 Å². The number of aliphatic hydroxyl groups excluding tert-OH is 10. The lowest BCUT2D eigenvalue weighted by molar-refractivity contribution is -0.347. The van der Waals surface area contributed by atoms with Gasteiger partial charge in [-0.25, -0.2) is 4.79 Å². The highest BCUT2D eigenvalue weighted by Crippen LogP contribution is 2.31. The van der Waals surface area contributed by atoms with Gasteiger partial charge in [0, 0.05) is 0 Å². The number of carbonyl (C=O) groups excluding carboxylic acids is 1. The number of ether oxygens (including phenoxy) is 6. The van der Waals surface area contributed by atoms with Crippen LogP contribution in [0.1, 0.15) is 181 Å². The molecule has 72 heavy (non-hydrogen) atoms. The van der Waals surface area contributed by atoms with E-state index in [0.717, 1.165) is 51.4 Å². The Bertz CT molecular complexity index is 1420. The Morgan fingerprint density at radius 1 is 0.542 bits per heavy atom. The molecule has 0 aromatic heterocycles. The summed E-state index contributed by atoms with van der Waals surface area (Å²) in [7, 11) is 0. The molecule has 21 nitrogen and oxygen atoms in total. The second-order valence-electron chi connectivity index (χ2n) is 20.4. The van der Waals surface area contributed by atoms with Crippen LogP contribution in [0.3, 0.4) is 0 Å². The number of nitrogens with two attached hydrogens (primary N) is 1. The summed E-state index contributed by atoms with van der Waals surface area (Å²) in [4.78, 5) is 25.9. The van der Waals surface area contributed by atoms with Crippen LogP contribution in [-0.4, -0.2) is 198 Å². The van der Waals surface area contributed by atoms with Gasteiger partial charge in [0.05, 0.1) is 38.0 Å². The largest absolute Gasteiger partial charge is 0.479 e. The van der Waals surface area contributed by atoms with E-state index < -0.39 is 142 Å². The van der Waals surface area contributed by atoms with E-state index in [-0.39, 0.29) is 12.8 Å². The van der Waals surface area contributed by atoms with E-state index in [0.29, 0.717) is 12.8 Å². The molecule has 3 rings (SSSR count). The van der Waals surface area contributed by atoms with Gasteiger partial charge in [0.25, 0.3) is 0 Å². The Labute approximate surface area is 427 Å². The summed E-state index contributed by atoms with van der Waals surface area (Å²) in [6, 6.07) is -2.70. The average Bonchev–Trinajstić information content (AvgIpc) is 3.36. The number of carboxylic acid groups (broad SMARTS) is 1. The molecule has 0 bridgehead atoms. The molecule has 3 aliphatic rings. The number of carbonyl (C=O) groups is 2. The second kappa shape index (κ2) is 36.3. The van der Waals surface area contributed by atoms with Gasteiger partial charge < -0.3 is 95.6 Å². The van der Waals surface area contributed by atoms with Gasteiger partial charge in [0.15, 0.2) is 25.0 Å². The number of amides is 1. The van der Waals surface area contributed by atoms with Crippen molar-refractivity contribution >= 4 is 11.9 Å². The minimum absolute atomic E-state index is 0.208. The van der Waals surface area contributed by atoms with Crippen molar-refractivity contribution < 1.29 is 94.2 Å². The molecule has 0 aliphatic carbocycles. The number of unbranched alkanes of at least 4 members (excludes halogenated alkanes) is 22. The molecular formula is C51H96N2O19. The Morgan fingerprint density at radius 3 is 1.49 bits per heavy atom. The van der Waals surface area contributed by atoms with E-state index in [1.807, 2.05) is 0 Å². The lowest BCUT2D eigenvalue weighted by atomic mass is 9.95. The standard InChI is InChI=1S/C51H96N2O19/c1-3-5-7-9-11-13-15-16-18-19-21-23-25-27-33(55)32(53-47(64)34(56)28-26-24-22-20-17-14-12-10-8-6-4-2)30-67-51-44(63)42(61)45(46(72-51)48(65)66)71-49-37(52)40(59)39(58)36(70-49)31-68-50-43(62)41(60)38(57)35(29-54)69-50/h32-46,49-51,54-63H,3-31,52H2,1-2H3,(H,53,64)(H,65,66)/t32-,33+,34-,35+,36+,37+,38-,39+,40+,41-,42+,43+,44+,45-,46-,49+,50-,51-/m0/s1. The van der Waals surface area contributed by atoms with Gasteiger partial charge in [-0.1, -0.05) is 168 Å². The summed E-state index contributed by atoms with van der Waals surface area (Å²) < 4.78 is 33.7. The van der Waals surface area contributed by atoms with Crippen LogP contribution in [-0.2, 0) is 38.0 Å². The molecule has 18 atom stereocenters. The second-order valence-corrected chi connectivity index (χ2v) is 20.4. The zero-order chi connectivity index (χ0) is 53.0. The van der Waals surface area contributed by atoms with Gasteiger partial charge in [-0.2, -0.15) is 0 Å². The monoisotopic (exact) mass is 1040 g/mol. The van der Waals surface area contributed by atoms with Crippen LogP contribution >= 0.6 is 0 Å². The predicted molar refractivity (Wildman–Crippen MR) is 263 cm³/mol.